The molecule has 6 nitrogen and oxygen atoms in total. The van der Waals surface area contributed by atoms with Crippen molar-refractivity contribution in [2.45, 2.75) is 6.92 Å². The summed E-state index contributed by atoms with van der Waals surface area (Å²) in [4.78, 5) is 26.8. The summed E-state index contributed by atoms with van der Waals surface area (Å²) in [7, 11) is 3.06. The highest BCUT2D eigenvalue weighted by Crippen LogP contribution is 2.11. The van der Waals surface area contributed by atoms with Gasteiger partial charge in [-0.15, -0.1) is 0 Å². The first-order valence-electron chi connectivity index (χ1n) is 4.42. The Labute approximate surface area is 85.2 Å². The Hall–Kier alpha value is -1.98. The Kier molecular flexibility index (Phi) is 1.92. The van der Waals surface area contributed by atoms with Crippen LogP contribution in [0, 0.1) is 6.92 Å². The number of hydrogen-bond donors (Lipinski definition) is 0. The van der Waals surface area contributed by atoms with Crippen molar-refractivity contribution in [2.24, 2.45) is 14.1 Å². The standard InChI is InChI=1S/C9H10N4O2/c1-5-4-6-7(13(3)11-5)10-9(15)12(2)8(6)14/h4H,1-3H3. The van der Waals surface area contributed by atoms with E-state index < -0.39 is 5.69 Å². The van der Waals surface area contributed by atoms with E-state index in [0.717, 1.165) is 4.57 Å². The summed E-state index contributed by atoms with van der Waals surface area (Å²) in [5, 5.41) is 4.08. The highest BCUT2D eigenvalue weighted by Gasteiger charge is 2.15. The number of rotatable bonds is 0. The van der Waals surface area contributed by atoms with Crippen molar-refractivity contribution in [3.05, 3.63) is 32.6 Å². The minimum Gasteiger partial charge on any atom is -0.268 e. The Bertz CT molecular complexity index is 611. The van der Waals surface area contributed by atoms with Gasteiger partial charge >= 0.3 is 5.69 Å². The van der Waals surface area contributed by atoms with E-state index in [1.165, 1.54) is 11.7 Å². The van der Waals surface area contributed by atoms with Crippen LogP contribution in [0.5, 0.6) is 0 Å². The van der Waals surface area contributed by atoms with Crippen LogP contribution in [-0.2, 0) is 14.1 Å². The lowest BCUT2D eigenvalue weighted by Crippen LogP contribution is -2.36. The second kappa shape index (κ2) is 3.01. The fourth-order valence-electron chi connectivity index (χ4n) is 1.48. The van der Waals surface area contributed by atoms with Crippen LogP contribution in [0.1, 0.15) is 5.69 Å². The van der Waals surface area contributed by atoms with Gasteiger partial charge in [-0.1, -0.05) is 0 Å². The van der Waals surface area contributed by atoms with E-state index in [-0.39, 0.29) is 5.56 Å². The zero-order chi connectivity index (χ0) is 11.2. The summed E-state index contributed by atoms with van der Waals surface area (Å²) in [6.45, 7) is 1.78. The molecule has 2 aliphatic heterocycles. The molecule has 0 saturated heterocycles. The van der Waals surface area contributed by atoms with Crippen LogP contribution >= 0.6 is 0 Å². The van der Waals surface area contributed by atoms with Gasteiger partial charge in [0.05, 0.1) is 11.3 Å². The fourth-order valence-corrected chi connectivity index (χ4v) is 1.48. The molecule has 6 heteroatoms. The molecule has 0 spiro atoms. The SMILES string of the molecule is Cc1cc2c(=O)n(C)c(=O)nc-2n(C)n1. The second-order valence-corrected chi connectivity index (χ2v) is 3.41. The number of aromatic nitrogens is 4. The molecular formula is C9H10N4O2. The zero-order valence-corrected chi connectivity index (χ0v) is 8.68. The maximum absolute atomic E-state index is 11.7. The van der Waals surface area contributed by atoms with Crippen molar-refractivity contribution in [2.75, 3.05) is 0 Å². The molecule has 78 valence electrons. The largest absolute Gasteiger partial charge is 0.352 e. The van der Waals surface area contributed by atoms with Gasteiger partial charge < -0.3 is 0 Å². The summed E-state index contributed by atoms with van der Waals surface area (Å²) < 4.78 is 2.43. The van der Waals surface area contributed by atoms with Crippen LogP contribution in [0.2, 0.25) is 0 Å². The molecule has 0 fully saturated rings. The van der Waals surface area contributed by atoms with Crippen molar-refractivity contribution >= 4 is 0 Å². The average Bonchev–Trinajstić information content (AvgIpc) is 2.17. The molecule has 0 unspecified atom stereocenters. The van der Waals surface area contributed by atoms with E-state index in [0.29, 0.717) is 17.1 Å². The molecule has 0 radical (unpaired) electrons. The Balaban J connectivity index is 3.05. The Morgan fingerprint density at radius 1 is 1.27 bits per heavy atom. The number of hydrogen-bond acceptors (Lipinski definition) is 4. The normalized spacial score (nSPS) is 10.9. The predicted molar refractivity (Wildman–Crippen MR) is 53.9 cm³/mol. The van der Waals surface area contributed by atoms with E-state index in [1.807, 2.05) is 0 Å². The third-order valence-corrected chi connectivity index (χ3v) is 2.23. The molecule has 0 aliphatic carbocycles. The second-order valence-electron chi connectivity index (χ2n) is 3.41. The van der Waals surface area contributed by atoms with Crippen molar-refractivity contribution in [3.63, 3.8) is 0 Å². The quantitative estimate of drug-likeness (QED) is 0.570. The van der Waals surface area contributed by atoms with Gasteiger partial charge in [0.15, 0.2) is 5.82 Å². The van der Waals surface area contributed by atoms with Crippen LogP contribution in [-0.4, -0.2) is 19.3 Å². The van der Waals surface area contributed by atoms with Crippen molar-refractivity contribution in [1.29, 1.82) is 0 Å². The van der Waals surface area contributed by atoms with Gasteiger partial charge in [-0.05, 0) is 13.0 Å². The summed E-state index contributed by atoms with van der Waals surface area (Å²) in [6, 6.07) is 1.63. The Morgan fingerprint density at radius 3 is 2.60 bits per heavy atom. The molecule has 2 aliphatic rings. The average molecular weight is 206 g/mol. The van der Waals surface area contributed by atoms with Crippen LogP contribution in [0.4, 0.5) is 0 Å². The molecule has 2 rings (SSSR count). The van der Waals surface area contributed by atoms with Crippen molar-refractivity contribution in [3.8, 4) is 11.4 Å². The predicted octanol–water partition coefficient (Wildman–Crippen LogP) is -0.713. The number of nitrogens with zero attached hydrogens (tertiary/aromatic N) is 4. The van der Waals surface area contributed by atoms with Crippen LogP contribution in [0.15, 0.2) is 15.7 Å². The summed E-state index contributed by atoms with van der Waals surface area (Å²) in [6.07, 6.45) is 0. The molecule has 0 amide bonds. The topological polar surface area (TPSA) is 69.8 Å². The van der Waals surface area contributed by atoms with E-state index >= 15 is 0 Å². The molecule has 0 aromatic carbocycles. The molecular weight excluding hydrogens is 196 g/mol. The maximum Gasteiger partial charge on any atom is 0.352 e. The smallest absolute Gasteiger partial charge is 0.268 e. The highest BCUT2D eigenvalue weighted by molar-refractivity contribution is 5.54. The van der Waals surface area contributed by atoms with Gasteiger partial charge in [-0.3, -0.25) is 9.36 Å². The maximum atomic E-state index is 11.7. The fraction of sp³-hybridized carbons (Fsp3) is 0.333. The molecule has 0 saturated carbocycles. The number of fused-ring (bicyclic) bond motifs is 1. The van der Waals surface area contributed by atoms with Gasteiger partial charge in [0.1, 0.15) is 0 Å². The first-order valence-corrected chi connectivity index (χ1v) is 4.42. The lowest BCUT2D eigenvalue weighted by Gasteiger charge is -2.09. The van der Waals surface area contributed by atoms with E-state index in [4.69, 9.17) is 0 Å². The first kappa shape index (κ1) is 9.57. The van der Waals surface area contributed by atoms with Crippen LogP contribution in [0.25, 0.3) is 11.4 Å². The van der Waals surface area contributed by atoms with Crippen LogP contribution in [0.3, 0.4) is 0 Å². The molecule has 2 heterocycles. The Morgan fingerprint density at radius 2 is 1.93 bits per heavy atom. The van der Waals surface area contributed by atoms with E-state index in [2.05, 4.69) is 10.1 Å². The third kappa shape index (κ3) is 1.34. The lowest BCUT2D eigenvalue weighted by atomic mass is 10.2. The van der Waals surface area contributed by atoms with Gasteiger partial charge in [-0.25, -0.2) is 9.48 Å². The monoisotopic (exact) mass is 206 g/mol. The minimum atomic E-state index is -0.561. The minimum absolute atomic E-state index is 0.314. The van der Waals surface area contributed by atoms with Gasteiger partial charge in [-0.2, -0.15) is 10.1 Å². The van der Waals surface area contributed by atoms with Crippen LogP contribution < -0.4 is 11.2 Å². The van der Waals surface area contributed by atoms with Crippen molar-refractivity contribution < 1.29 is 0 Å². The zero-order valence-electron chi connectivity index (χ0n) is 8.68. The highest BCUT2D eigenvalue weighted by atomic mass is 16.2. The molecule has 15 heavy (non-hydrogen) atoms. The van der Waals surface area contributed by atoms with Gasteiger partial charge in [0, 0.05) is 14.1 Å². The molecule has 0 atom stereocenters. The van der Waals surface area contributed by atoms with E-state index in [9.17, 15) is 9.59 Å². The molecule has 0 aromatic rings. The van der Waals surface area contributed by atoms with Crippen molar-refractivity contribution in [1.82, 2.24) is 19.3 Å². The summed E-state index contributed by atoms with van der Waals surface area (Å²) in [5.74, 6) is 0.314. The van der Waals surface area contributed by atoms with E-state index in [1.54, 1.807) is 20.0 Å². The van der Waals surface area contributed by atoms with Gasteiger partial charge in [0.2, 0.25) is 0 Å². The summed E-state index contributed by atoms with van der Waals surface area (Å²) in [5.41, 5.74) is 0.217. The third-order valence-electron chi connectivity index (χ3n) is 2.23. The lowest BCUT2D eigenvalue weighted by molar-refractivity contribution is 0.682. The molecule has 0 N–H and O–H groups in total. The molecule has 0 aromatic heterocycles. The number of aryl methyl sites for hydroxylation is 2. The first-order chi connectivity index (χ1) is 7.00. The summed E-state index contributed by atoms with van der Waals surface area (Å²) >= 11 is 0. The van der Waals surface area contributed by atoms with Gasteiger partial charge in [0.25, 0.3) is 5.56 Å². The molecule has 0 bridgehead atoms.